The molecular formula is C30H36ClN3O4S. The van der Waals surface area contributed by atoms with Crippen molar-refractivity contribution in [1.29, 1.82) is 0 Å². The predicted octanol–water partition coefficient (Wildman–Crippen LogP) is 5.48. The third-order valence-electron chi connectivity index (χ3n) is 6.39. The van der Waals surface area contributed by atoms with Crippen molar-refractivity contribution in [3.05, 3.63) is 94.5 Å². The van der Waals surface area contributed by atoms with E-state index in [0.29, 0.717) is 17.1 Å². The zero-order chi connectivity index (χ0) is 28.7. The van der Waals surface area contributed by atoms with Gasteiger partial charge in [0, 0.05) is 17.6 Å². The van der Waals surface area contributed by atoms with E-state index in [4.69, 9.17) is 11.6 Å². The van der Waals surface area contributed by atoms with E-state index in [9.17, 15) is 18.0 Å². The molecule has 0 heterocycles. The highest BCUT2D eigenvalue weighted by molar-refractivity contribution is 7.92. The van der Waals surface area contributed by atoms with Gasteiger partial charge in [-0.2, -0.15) is 0 Å². The van der Waals surface area contributed by atoms with Crippen LogP contribution in [0.3, 0.4) is 0 Å². The van der Waals surface area contributed by atoms with Gasteiger partial charge in [-0.05, 0) is 87.2 Å². The molecule has 0 aromatic heterocycles. The van der Waals surface area contributed by atoms with Crippen LogP contribution in [0.15, 0.2) is 77.7 Å². The molecule has 0 aliphatic rings. The maximum atomic E-state index is 14.1. The van der Waals surface area contributed by atoms with Crippen LogP contribution >= 0.6 is 11.6 Å². The second kappa shape index (κ2) is 13.1. The van der Waals surface area contributed by atoms with Crippen LogP contribution in [-0.2, 0) is 26.2 Å². The molecule has 9 heteroatoms. The molecule has 3 aromatic rings. The monoisotopic (exact) mass is 569 g/mol. The summed E-state index contributed by atoms with van der Waals surface area (Å²) in [7, 11) is -4.14. The zero-order valence-corrected chi connectivity index (χ0v) is 24.6. The predicted molar refractivity (Wildman–Crippen MR) is 156 cm³/mol. The fraction of sp³-hybridized carbons (Fsp3) is 0.333. The Morgan fingerprint density at radius 2 is 1.62 bits per heavy atom. The lowest BCUT2D eigenvalue weighted by atomic mass is 10.1. The van der Waals surface area contributed by atoms with Gasteiger partial charge in [0.2, 0.25) is 11.8 Å². The molecule has 3 aromatic carbocycles. The van der Waals surface area contributed by atoms with Gasteiger partial charge in [0.25, 0.3) is 10.0 Å². The summed E-state index contributed by atoms with van der Waals surface area (Å²) in [5, 5.41) is 3.31. The molecule has 0 bridgehead atoms. The number of sulfonamides is 1. The SMILES string of the molecule is CC[C@H](C(=O)NC(C)C)N(Cc1ccccc1C)C(=O)CN(c1cccc(C)c1)S(=O)(=O)c1ccc(Cl)cc1. The first-order valence-electron chi connectivity index (χ1n) is 12.9. The molecule has 0 spiro atoms. The smallest absolute Gasteiger partial charge is 0.264 e. The Balaban J connectivity index is 2.08. The largest absolute Gasteiger partial charge is 0.352 e. The lowest BCUT2D eigenvalue weighted by molar-refractivity contribution is -0.140. The molecule has 0 unspecified atom stereocenters. The molecule has 0 radical (unpaired) electrons. The minimum atomic E-state index is -4.14. The van der Waals surface area contributed by atoms with Gasteiger partial charge >= 0.3 is 0 Å². The van der Waals surface area contributed by atoms with Crippen molar-refractivity contribution in [3.8, 4) is 0 Å². The highest BCUT2D eigenvalue weighted by Crippen LogP contribution is 2.26. The average Bonchev–Trinajstić information content (AvgIpc) is 2.87. The van der Waals surface area contributed by atoms with Gasteiger partial charge in [0.15, 0.2) is 0 Å². The number of aryl methyl sites for hydroxylation is 2. The van der Waals surface area contributed by atoms with E-state index in [1.807, 2.05) is 65.0 Å². The number of rotatable bonds is 11. The fourth-order valence-electron chi connectivity index (χ4n) is 4.32. The van der Waals surface area contributed by atoms with Crippen LogP contribution in [0.1, 0.15) is 43.9 Å². The van der Waals surface area contributed by atoms with Crippen molar-refractivity contribution in [3.63, 3.8) is 0 Å². The quantitative estimate of drug-likeness (QED) is 0.331. The molecule has 1 atom stereocenters. The van der Waals surface area contributed by atoms with Gasteiger partial charge in [-0.3, -0.25) is 13.9 Å². The summed E-state index contributed by atoms with van der Waals surface area (Å²) < 4.78 is 28.9. The highest BCUT2D eigenvalue weighted by Gasteiger charge is 2.34. The van der Waals surface area contributed by atoms with E-state index in [1.54, 1.807) is 18.2 Å². The van der Waals surface area contributed by atoms with Gasteiger partial charge in [-0.1, -0.05) is 54.9 Å². The first-order valence-corrected chi connectivity index (χ1v) is 14.7. The van der Waals surface area contributed by atoms with Crippen LogP contribution in [-0.4, -0.2) is 43.8 Å². The number of hydrogen-bond acceptors (Lipinski definition) is 4. The standard InChI is InChI=1S/C30H36ClN3O4S/c1-6-28(30(36)32-21(2)3)33(19-24-12-8-7-11-23(24)5)29(35)20-34(26-13-9-10-22(4)18-26)39(37,38)27-16-14-25(31)15-17-27/h7-18,21,28H,6,19-20H2,1-5H3,(H,32,36)/t28-/m1/s1. The van der Waals surface area contributed by atoms with Crippen molar-refractivity contribution in [2.45, 2.75) is 64.6 Å². The number of nitrogens with zero attached hydrogens (tertiary/aromatic N) is 2. The number of carbonyl (C=O) groups excluding carboxylic acids is 2. The lowest BCUT2D eigenvalue weighted by Gasteiger charge is -2.34. The van der Waals surface area contributed by atoms with Gasteiger partial charge < -0.3 is 10.2 Å². The summed E-state index contributed by atoms with van der Waals surface area (Å²) in [6.45, 7) is 9.03. The molecule has 0 fully saturated rings. The number of carbonyl (C=O) groups is 2. The van der Waals surface area contributed by atoms with E-state index in [0.717, 1.165) is 21.0 Å². The Kier molecular flexibility index (Phi) is 10.2. The number of amides is 2. The number of halogens is 1. The molecule has 1 N–H and O–H groups in total. The summed E-state index contributed by atoms with van der Waals surface area (Å²) in [6.07, 6.45) is 0.366. The third kappa shape index (κ3) is 7.61. The maximum Gasteiger partial charge on any atom is 0.264 e. The number of nitrogens with one attached hydrogen (secondary N) is 1. The minimum Gasteiger partial charge on any atom is -0.352 e. The Morgan fingerprint density at radius 3 is 2.21 bits per heavy atom. The summed E-state index contributed by atoms with van der Waals surface area (Å²) >= 11 is 6.00. The van der Waals surface area contributed by atoms with E-state index in [2.05, 4.69) is 5.32 Å². The van der Waals surface area contributed by atoms with Crippen molar-refractivity contribution in [1.82, 2.24) is 10.2 Å². The topological polar surface area (TPSA) is 86.8 Å². The van der Waals surface area contributed by atoms with Crippen LogP contribution in [0.25, 0.3) is 0 Å². The van der Waals surface area contributed by atoms with E-state index < -0.39 is 28.5 Å². The van der Waals surface area contributed by atoms with Crippen LogP contribution in [0.2, 0.25) is 5.02 Å². The Labute approximate surface area is 236 Å². The molecule has 2 amide bonds. The first kappa shape index (κ1) is 30.2. The van der Waals surface area contributed by atoms with Gasteiger partial charge in [-0.15, -0.1) is 0 Å². The fourth-order valence-corrected chi connectivity index (χ4v) is 5.85. The van der Waals surface area contributed by atoms with Gasteiger partial charge in [0.1, 0.15) is 12.6 Å². The van der Waals surface area contributed by atoms with E-state index in [1.165, 1.54) is 29.2 Å². The highest BCUT2D eigenvalue weighted by atomic mass is 35.5. The summed E-state index contributed by atoms with van der Waals surface area (Å²) in [5.74, 6) is -0.764. The second-order valence-electron chi connectivity index (χ2n) is 9.84. The summed E-state index contributed by atoms with van der Waals surface area (Å²) in [4.78, 5) is 28.8. The zero-order valence-electron chi connectivity index (χ0n) is 23.0. The molecule has 0 aliphatic carbocycles. The van der Waals surface area contributed by atoms with Gasteiger partial charge in [0.05, 0.1) is 10.6 Å². The maximum absolute atomic E-state index is 14.1. The molecular weight excluding hydrogens is 534 g/mol. The van der Waals surface area contributed by atoms with E-state index >= 15 is 0 Å². The van der Waals surface area contributed by atoms with Crippen molar-refractivity contribution < 1.29 is 18.0 Å². The van der Waals surface area contributed by atoms with Crippen molar-refractivity contribution in [2.24, 2.45) is 0 Å². The Hall–Kier alpha value is -3.36. The Morgan fingerprint density at radius 1 is 0.949 bits per heavy atom. The number of benzene rings is 3. The summed E-state index contributed by atoms with van der Waals surface area (Å²) in [5.41, 5.74) is 3.05. The Bertz CT molecular complexity index is 1410. The molecule has 208 valence electrons. The van der Waals surface area contributed by atoms with E-state index in [-0.39, 0.29) is 23.4 Å². The normalized spacial score (nSPS) is 12.2. The third-order valence-corrected chi connectivity index (χ3v) is 8.43. The lowest BCUT2D eigenvalue weighted by Crippen LogP contribution is -2.53. The molecule has 3 rings (SSSR count). The minimum absolute atomic E-state index is 0.0104. The van der Waals surface area contributed by atoms with Crippen LogP contribution in [0.4, 0.5) is 5.69 Å². The average molecular weight is 570 g/mol. The van der Waals surface area contributed by atoms with Crippen LogP contribution < -0.4 is 9.62 Å². The molecule has 0 aliphatic heterocycles. The number of hydrogen-bond donors (Lipinski definition) is 1. The molecule has 7 nitrogen and oxygen atoms in total. The molecule has 0 saturated carbocycles. The molecule has 0 saturated heterocycles. The van der Waals surface area contributed by atoms with Crippen molar-refractivity contribution in [2.75, 3.05) is 10.8 Å². The van der Waals surface area contributed by atoms with Crippen molar-refractivity contribution >= 4 is 39.1 Å². The van der Waals surface area contributed by atoms with Gasteiger partial charge in [-0.25, -0.2) is 8.42 Å². The first-order chi connectivity index (χ1) is 18.4. The second-order valence-corrected chi connectivity index (χ2v) is 12.1. The molecule has 39 heavy (non-hydrogen) atoms. The van der Waals surface area contributed by atoms with Crippen LogP contribution in [0.5, 0.6) is 0 Å². The number of anilines is 1. The summed E-state index contributed by atoms with van der Waals surface area (Å²) in [6, 6.07) is 19.5. The van der Waals surface area contributed by atoms with Crippen LogP contribution in [0, 0.1) is 13.8 Å².